The van der Waals surface area contributed by atoms with Crippen molar-refractivity contribution in [3.63, 3.8) is 0 Å². The number of esters is 1. The van der Waals surface area contributed by atoms with E-state index in [0.717, 1.165) is 70.3 Å². The summed E-state index contributed by atoms with van der Waals surface area (Å²) >= 11 is 0. The highest BCUT2D eigenvalue weighted by molar-refractivity contribution is 5.85. The van der Waals surface area contributed by atoms with Gasteiger partial charge in [0.15, 0.2) is 0 Å². The number of piperazine rings is 1. The minimum atomic E-state index is -0.938. The van der Waals surface area contributed by atoms with Crippen LogP contribution < -0.4 is 5.32 Å². The van der Waals surface area contributed by atoms with Crippen LogP contribution in [0.1, 0.15) is 65.2 Å². The van der Waals surface area contributed by atoms with Crippen molar-refractivity contribution in [2.45, 2.75) is 83.0 Å². The van der Waals surface area contributed by atoms with Crippen molar-refractivity contribution in [3.8, 4) is 0 Å². The Labute approximate surface area is 220 Å². The fourth-order valence-electron chi connectivity index (χ4n) is 9.95. The summed E-state index contributed by atoms with van der Waals surface area (Å²) in [5.41, 5.74) is -0.602. The van der Waals surface area contributed by atoms with Crippen molar-refractivity contribution < 1.29 is 24.5 Å². The van der Waals surface area contributed by atoms with Crippen molar-refractivity contribution in [1.82, 2.24) is 15.1 Å². The molecule has 3 N–H and O–H groups in total. The fraction of sp³-hybridized carbons (Fsp3) is 0.862. The number of ether oxygens (including phenoxy) is 1. The van der Waals surface area contributed by atoms with Crippen LogP contribution in [0.25, 0.3) is 0 Å². The summed E-state index contributed by atoms with van der Waals surface area (Å²) in [5, 5.41) is 27.5. The van der Waals surface area contributed by atoms with Crippen LogP contribution in [0.3, 0.4) is 0 Å². The molecule has 8 heteroatoms. The third kappa shape index (κ3) is 3.64. The molecule has 0 bridgehead atoms. The summed E-state index contributed by atoms with van der Waals surface area (Å²) in [6.07, 6.45) is 8.18. The zero-order valence-corrected chi connectivity index (χ0v) is 22.7. The first-order chi connectivity index (χ1) is 17.6. The summed E-state index contributed by atoms with van der Waals surface area (Å²) in [6, 6.07) is 0.407. The van der Waals surface area contributed by atoms with Crippen LogP contribution in [-0.2, 0) is 9.53 Å². The van der Waals surface area contributed by atoms with Crippen LogP contribution in [0.5, 0.6) is 0 Å². The van der Waals surface area contributed by atoms with E-state index in [1.54, 1.807) is 6.08 Å². The van der Waals surface area contributed by atoms with Gasteiger partial charge in [0.1, 0.15) is 6.61 Å². The molecule has 2 amide bonds. The van der Waals surface area contributed by atoms with Gasteiger partial charge < -0.3 is 30.1 Å². The number of aliphatic hydroxyl groups is 2. The van der Waals surface area contributed by atoms with E-state index in [0.29, 0.717) is 18.8 Å². The van der Waals surface area contributed by atoms with Crippen molar-refractivity contribution in [2.75, 3.05) is 39.8 Å². The predicted octanol–water partition coefficient (Wildman–Crippen LogP) is 2.54. The summed E-state index contributed by atoms with van der Waals surface area (Å²) in [7, 11) is 1.98. The molecule has 6 aliphatic rings. The van der Waals surface area contributed by atoms with Gasteiger partial charge in [-0.3, -0.25) is 0 Å². The number of hydrogen-bond acceptors (Lipinski definition) is 6. The molecule has 2 heterocycles. The lowest BCUT2D eigenvalue weighted by molar-refractivity contribution is -0.243. The summed E-state index contributed by atoms with van der Waals surface area (Å²) in [5.74, 6) is 0.589. The van der Waals surface area contributed by atoms with Crippen LogP contribution in [0.2, 0.25) is 0 Å². The summed E-state index contributed by atoms with van der Waals surface area (Å²) in [6.45, 7) is 8.02. The molecule has 0 radical (unpaired) electrons. The topological polar surface area (TPSA) is 102 Å². The first kappa shape index (κ1) is 25.6. The number of urea groups is 1. The maximum absolute atomic E-state index is 13.2. The average molecular weight is 516 g/mol. The molecule has 8 nitrogen and oxygen atoms in total. The number of cyclic esters (lactones) is 1. The van der Waals surface area contributed by atoms with E-state index in [1.165, 1.54) is 0 Å². The standard InChI is InChI=1S/C29H45N3O5/c1-27-8-6-20(31(3)26(35)32-12-10-30-11-13-32)15-19(27)4-5-22-23(27)16-24(33)28(2)21(7-9-29(22,28)36)18-14-25(34)37-17-18/h14,19-24,30,33,36H,4-13,15-17H2,1-3H3/t19-,20-,21-,22-,23-,24-,27-,28-,29-/m1/s1. The summed E-state index contributed by atoms with van der Waals surface area (Å²) < 4.78 is 5.22. The third-order valence-electron chi connectivity index (χ3n) is 12.3. The average Bonchev–Trinajstić information content (AvgIpc) is 3.44. The first-order valence-electron chi connectivity index (χ1n) is 14.6. The number of hydrogen-bond donors (Lipinski definition) is 3. The lowest BCUT2D eigenvalue weighted by atomic mass is 9.42. The Kier molecular flexibility index (Phi) is 6.20. The maximum Gasteiger partial charge on any atom is 0.331 e. The van der Waals surface area contributed by atoms with Crippen LogP contribution in [-0.4, -0.2) is 89.6 Å². The van der Waals surface area contributed by atoms with Gasteiger partial charge in [0.25, 0.3) is 0 Å². The molecular weight excluding hydrogens is 470 g/mol. The molecule has 0 aromatic carbocycles. The van der Waals surface area contributed by atoms with Gasteiger partial charge in [-0.15, -0.1) is 0 Å². The minimum absolute atomic E-state index is 0.0224. The Bertz CT molecular complexity index is 981. The second-order valence-electron chi connectivity index (χ2n) is 13.4. The zero-order chi connectivity index (χ0) is 26.2. The van der Waals surface area contributed by atoms with Crippen molar-refractivity contribution >= 4 is 12.0 Å². The first-order valence-corrected chi connectivity index (χ1v) is 14.6. The fourth-order valence-corrected chi connectivity index (χ4v) is 9.95. The quantitative estimate of drug-likeness (QED) is 0.489. The van der Waals surface area contributed by atoms with Gasteiger partial charge in [-0.1, -0.05) is 13.8 Å². The van der Waals surface area contributed by atoms with E-state index in [4.69, 9.17) is 4.74 Å². The Morgan fingerprint density at radius 3 is 2.57 bits per heavy atom. The molecule has 0 spiro atoms. The van der Waals surface area contributed by atoms with Gasteiger partial charge >= 0.3 is 12.0 Å². The van der Waals surface area contributed by atoms with E-state index in [1.807, 2.05) is 16.8 Å². The number of rotatable bonds is 2. The Balaban J connectivity index is 1.21. The highest BCUT2D eigenvalue weighted by atomic mass is 16.5. The highest BCUT2D eigenvalue weighted by Gasteiger charge is 2.70. The monoisotopic (exact) mass is 515 g/mol. The predicted molar refractivity (Wildman–Crippen MR) is 138 cm³/mol. The molecule has 0 aromatic rings. The third-order valence-corrected chi connectivity index (χ3v) is 12.3. The SMILES string of the molecule is CN(C(=O)N1CCNCC1)[C@@H]1CC[C@]2(C)[C@H](CC[C@@H]3[C@H]2C[C@@H](O)[C@@]2(C)[C@@H](C4=CC(=O)OC4)CC[C@@]32O)C1. The largest absolute Gasteiger partial charge is 0.458 e. The van der Waals surface area contributed by atoms with Gasteiger partial charge in [0.2, 0.25) is 0 Å². The zero-order valence-electron chi connectivity index (χ0n) is 22.7. The van der Waals surface area contributed by atoms with E-state index in [2.05, 4.69) is 19.2 Å². The number of amides is 2. The van der Waals surface area contributed by atoms with Gasteiger partial charge in [0.05, 0.1) is 11.7 Å². The molecule has 1 saturated heterocycles. The molecule has 9 atom stereocenters. The van der Waals surface area contributed by atoms with E-state index in [-0.39, 0.29) is 47.8 Å². The van der Waals surface area contributed by atoms with E-state index >= 15 is 0 Å². The van der Waals surface area contributed by atoms with Gasteiger partial charge in [0, 0.05) is 50.8 Å². The smallest absolute Gasteiger partial charge is 0.331 e. The molecule has 4 saturated carbocycles. The molecule has 4 aliphatic carbocycles. The molecule has 0 unspecified atom stereocenters. The molecule has 0 aromatic heterocycles. The maximum atomic E-state index is 13.2. The number of carbonyl (C=O) groups excluding carboxylic acids is 2. The van der Waals surface area contributed by atoms with Crippen molar-refractivity contribution in [2.24, 2.45) is 34.5 Å². The number of nitrogens with one attached hydrogen (secondary N) is 1. The van der Waals surface area contributed by atoms with Crippen molar-refractivity contribution in [1.29, 1.82) is 0 Å². The lowest BCUT2D eigenvalue weighted by Crippen LogP contribution is -2.67. The molecule has 6 rings (SSSR count). The Morgan fingerprint density at radius 1 is 1.11 bits per heavy atom. The molecule has 2 aliphatic heterocycles. The van der Waals surface area contributed by atoms with Gasteiger partial charge in [-0.25, -0.2) is 9.59 Å². The molecule has 206 valence electrons. The van der Waals surface area contributed by atoms with Crippen LogP contribution >= 0.6 is 0 Å². The van der Waals surface area contributed by atoms with E-state index < -0.39 is 17.1 Å². The van der Waals surface area contributed by atoms with Crippen molar-refractivity contribution in [3.05, 3.63) is 11.6 Å². The second-order valence-corrected chi connectivity index (χ2v) is 13.4. The van der Waals surface area contributed by atoms with Gasteiger partial charge in [-0.2, -0.15) is 0 Å². The molecular formula is C29H45N3O5. The van der Waals surface area contributed by atoms with E-state index in [9.17, 15) is 19.8 Å². The number of carbonyl (C=O) groups is 2. The molecule has 5 fully saturated rings. The normalized spacial score (nSPS) is 47.4. The number of nitrogens with zero attached hydrogens (tertiary/aromatic N) is 2. The number of aliphatic hydroxyl groups excluding tert-OH is 1. The van der Waals surface area contributed by atoms with Crippen LogP contribution in [0, 0.1) is 34.5 Å². The second kappa shape index (κ2) is 8.95. The summed E-state index contributed by atoms with van der Waals surface area (Å²) in [4.78, 5) is 29.0. The number of fused-ring (bicyclic) bond motifs is 5. The highest BCUT2D eigenvalue weighted by Crippen LogP contribution is 2.70. The Morgan fingerprint density at radius 2 is 1.86 bits per heavy atom. The van der Waals surface area contributed by atoms with Crippen LogP contribution in [0.4, 0.5) is 4.79 Å². The van der Waals surface area contributed by atoms with Crippen LogP contribution in [0.15, 0.2) is 11.6 Å². The Hall–Kier alpha value is -1.64. The lowest BCUT2D eigenvalue weighted by Gasteiger charge is -2.65. The molecule has 37 heavy (non-hydrogen) atoms. The van der Waals surface area contributed by atoms with Gasteiger partial charge in [-0.05, 0) is 86.0 Å². The minimum Gasteiger partial charge on any atom is -0.458 e.